The number of hydrogen-bond donors (Lipinski definition) is 1. The molecule has 1 fully saturated rings. The van der Waals surface area contributed by atoms with E-state index < -0.39 is 11.6 Å². The summed E-state index contributed by atoms with van der Waals surface area (Å²) in [6.45, 7) is 9.49. The Kier molecular flexibility index (Phi) is 5.11. The van der Waals surface area contributed by atoms with E-state index in [9.17, 15) is 14.4 Å². The van der Waals surface area contributed by atoms with Gasteiger partial charge in [0.05, 0.1) is 6.54 Å². The molecule has 3 amide bonds. The highest BCUT2D eigenvalue weighted by Crippen LogP contribution is 2.25. The van der Waals surface area contributed by atoms with Gasteiger partial charge in [-0.1, -0.05) is 37.6 Å². The molecular formula is C19H26N2O3. The molecular weight excluding hydrogens is 304 g/mol. The fourth-order valence-electron chi connectivity index (χ4n) is 2.99. The van der Waals surface area contributed by atoms with Crippen molar-refractivity contribution < 1.29 is 14.4 Å². The molecule has 2 rings (SSSR count). The van der Waals surface area contributed by atoms with Gasteiger partial charge in [-0.25, -0.2) is 4.79 Å². The van der Waals surface area contributed by atoms with Gasteiger partial charge in [-0.2, -0.15) is 0 Å². The maximum atomic E-state index is 12.6. The molecule has 0 bridgehead atoms. The lowest BCUT2D eigenvalue weighted by Crippen LogP contribution is -2.44. The van der Waals surface area contributed by atoms with Crippen LogP contribution in [-0.4, -0.2) is 34.7 Å². The number of Topliss-reactive ketones (excluding diaryl/α,β-unsaturated/α-hetero) is 1. The number of benzene rings is 1. The summed E-state index contributed by atoms with van der Waals surface area (Å²) in [5, 5.41) is 2.75. The number of aryl methyl sites for hydroxylation is 2. The van der Waals surface area contributed by atoms with Crippen LogP contribution in [-0.2, 0) is 4.79 Å². The highest BCUT2D eigenvalue weighted by Gasteiger charge is 2.47. The number of hydrogen-bond acceptors (Lipinski definition) is 3. The lowest BCUT2D eigenvalue weighted by atomic mass is 9.92. The summed E-state index contributed by atoms with van der Waals surface area (Å²) >= 11 is 0. The molecule has 0 radical (unpaired) electrons. The number of carbonyl (C=O) groups excluding carboxylic acids is 3. The number of amides is 3. The van der Waals surface area contributed by atoms with Crippen molar-refractivity contribution in [2.75, 3.05) is 6.54 Å². The fourth-order valence-corrected chi connectivity index (χ4v) is 2.99. The van der Waals surface area contributed by atoms with Crippen molar-refractivity contribution in [3.05, 3.63) is 34.9 Å². The van der Waals surface area contributed by atoms with Gasteiger partial charge in [-0.3, -0.25) is 14.5 Å². The molecule has 0 spiro atoms. The normalized spacial score (nSPS) is 20.7. The van der Waals surface area contributed by atoms with Crippen LogP contribution in [0.2, 0.25) is 0 Å². The molecule has 5 heteroatoms. The van der Waals surface area contributed by atoms with Gasteiger partial charge in [0.25, 0.3) is 5.91 Å². The Hall–Kier alpha value is -2.17. The molecule has 24 heavy (non-hydrogen) atoms. The molecule has 1 N–H and O–H groups in total. The summed E-state index contributed by atoms with van der Waals surface area (Å²) in [6.07, 6.45) is 1.41. The molecule has 5 nitrogen and oxygen atoms in total. The first-order valence-electron chi connectivity index (χ1n) is 8.38. The van der Waals surface area contributed by atoms with Crippen LogP contribution in [0, 0.1) is 19.8 Å². The molecule has 1 aliphatic heterocycles. The average molecular weight is 330 g/mol. The van der Waals surface area contributed by atoms with Gasteiger partial charge in [0.1, 0.15) is 5.54 Å². The number of nitrogens with one attached hydrogen (secondary N) is 1. The minimum absolute atomic E-state index is 0.216. The summed E-state index contributed by atoms with van der Waals surface area (Å²) < 4.78 is 0. The third-order valence-electron chi connectivity index (χ3n) is 4.55. The maximum Gasteiger partial charge on any atom is 0.325 e. The van der Waals surface area contributed by atoms with Crippen molar-refractivity contribution in [1.29, 1.82) is 0 Å². The Labute approximate surface area is 143 Å². The van der Waals surface area contributed by atoms with E-state index in [1.54, 1.807) is 13.0 Å². The minimum atomic E-state index is -0.913. The zero-order chi connectivity index (χ0) is 18.1. The van der Waals surface area contributed by atoms with Crippen molar-refractivity contribution in [1.82, 2.24) is 10.2 Å². The molecule has 0 aromatic heterocycles. The second kappa shape index (κ2) is 6.75. The quantitative estimate of drug-likeness (QED) is 0.643. The lowest BCUT2D eigenvalue weighted by Gasteiger charge is -2.22. The highest BCUT2D eigenvalue weighted by atomic mass is 16.2. The van der Waals surface area contributed by atoms with Gasteiger partial charge in [0.2, 0.25) is 0 Å². The second-order valence-corrected chi connectivity index (χ2v) is 7.33. The molecule has 1 aromatic rings. The van der Waals surface area contributed by atoms with E-state index in [1.165, 1.54) is 0 Å². The van der Waals surface area contributed by atoms with Crippen molar-refractivity contribution in [3.63, 3.8) is 0 Å². The van der Waals surface area contributed by atoms with Gasteiger partial charge >= 0.3 is 6.03 Å². The topological polar surface area (TPSA) is 66.5 Å². The monoisotopic (exact) mass is 330 g/mol. The van der Waals surface area contributed by atoms with Crippen LogP contribution in [0.25, 0.3) is 0 Å². The zero-order valence-electron chi connectivity index (χ0n) is 15.1. The van der Waals surface area contributed by atoms with Gasteiger partial charge in [-0.05, 0) is 45.1 Å². The third kappa shape index (κ3) is 3.66. The van der Waals surface area contributed by atoms with Crippen LogP contribution in [0.5, 0.6) is 0 Å². The van der Waals surface area contributed by atoms with E-state index >= 15 is 0 Å². The molecule has 130 valence electrons. The van der Waals surface area contributed by atoms with E-state index in [2.05, 4.69) is 19.2 Å². The van der Waals surface area contributed by atoms with Crippen LogP contribution in [0.4, 0.5) is 4.79 Å². The molecule has 1 aliphatic rings. The summed E-state index contributed by atoms with van der Waals surface area (Å²) in [6, 6.07) is 5.05. The molecule has 1 atom stereocenters. The van der Waals surface area contributed by atoms with Crippen LogP contribution < -0.4 is 5.32 Å². The van der Waals surface area contributed by atoms with E-state index in [0.717, 1.165) is 22.4 Å². The van der Waals surface area contributed by atoms with Crippen LogP contribution >= 0.6 is 0 Å². The number of rotatable bonds is 6. The zero-order valence-corrected chi connectivity index (χ0v) is 15.1. The Morgan fingerprint density at radius 1 is 1.25 bits per heavy atom. The van der Waals surface area contributed by atoms with Gasteiger partial charge in [0, 0.05) is 5.56 Å². The molecule has 0 aliphatic carbocycles. The standard InChI is InChI=1S/C19H26N2O3/c1-12(2)8-9-19(5)17(23)21(18(24)20-19)11-16(22)15-7-6-13(3)10-14(15)4/h6-7,10,12H,8-9,11H2,1-5H3,(H,20,24)/t19-/m1/s1. The largest absolute Gasteiger partial charge is 0.325 e. The molecule has 0 saturated carbocycles. The summed E-state index contributed by atoms with van der Waals surface area (Å²) in [4.78, 5) is 38.4. The Bertz CT molecular complexity index is 681. The smallest absolute Gasteiger partial charge is 0.323 e. The van der Waals surface area contributed by atoms with Crippen molar-refractivity contribution in [2.24, 2.45) is 5.92 Å². The van der Waals surface area contributed by atoms with Gasteiger partial charge in [-0.15, -0.1) is 0 Å². The molecule has 1 heterocycles. The van der Waals surface area contributed by atoms with Crippen molar-refractivity contribution >= 4 is 17.7 Å². The SMILES string of the molecule is Cc1ccc(C(=O)CN2C(=O)N[C@](C)(CCC(C)C)C2=O)c(C)c1. The first-order chi connectivity index (χ1) is 11.1. The van der Waals surface area contributed by atoms with E-state index in [1.807, 2.05) is 26.0 Å². The highest BCUT2D eigenvalue weighted by molar-refractivity contribution is 6.11. The van der Waals surface area contributed by atoms with Gasteiger partial charge < -0.3 is 5.32 Å². The first-order valence-corrected chi connectivity index (χ1v) is 8.38. The third-order valence-corrected chi connectivity index (χ3v) is 4.55. The number of carbonyl (C=O) groups is 3. The Morgan fingerprint density at radius 3 is 2.50 bits per heavy atom. The molecule has 0 unspecified atom stereocenters. The van der Waals surface area contributed by atoms with Gasteiger partial charge in [0.15, 0.2) is 5.78 Å². The Morgan fingerprint density at radius 2 is 1.92 bits per heavy atom. The average Bonchev–Trinajstić information content (AvgIpc) is 2.69. The molecule has 1 saturated heterocycles. The predicted octanol–water partition coefficient (Wildman–Crippen LogP) is 3.23. The van der Waals surface area contributed by atoms with E-state index in [4.69, 9.17) is 0 Å². The maximum absolute atomic E-state index is 12.6. The number of urea groups is 1. The number of nitrogens with zero attached hydrogens (tertiary/aromatic N) is 1. The molecule has 1 aromatic carbocycles. The fraction of sp³-hybridized carbons (Fsp3) is 0.526. The number of ketones is 1. The predicted molar refractivity (Wildman–Crippen MR) is 93.0 cm³/mol. The van der Waals surface area contributed by atoms with Crippen molar-refractivity contribution in [2.45, 2.75) is 53.0 Å². The van der Waals surface area contributed by atoms with Crippen molar-refractivity contribution in [3.8, 4) is 0 Å². The minimum Gasteiger partial charge on any atom is -0.323 e. The second-order valence-electron chi connectivity index (χ2n) is 7.33. The Balaban J connectivity index is 2.13. The number of imide groups is 1. The summed E-state index contributed by atoms with van der Waals surface area (Å²) in [5.41, 5.74) is 1.57. The summed E-state index contributed by atoms with van der Waals surface area (Å²) in [5.74, 6) is -0.0900. The van der Waals surface area contributed by atoms with Crippen LogP contribution in [0.15, 0.2) is 18.2 Å². The van der Waals surface area contributed by atoms with Crippen LogP contribution in [0.1, 0.15) is 55.1 Å². The van der Waals surface area contributed by atoms with E-state index in [-0.39, 0.29) is 18.2 Å². The summed E-state index contributed by atoms with van der Waals surface area (Å²) in [7, 11) is 0. The van der Waals surface area contributed by atoms with Crippen LogP contribution in [0.3, 0.4) is 0 Å². The first kappa shape index (κ1) is 18.2. The van der Waals surface area contributed by atoms with E-state index in [0.29, 0.717) is 17.9 Å². The lowest BCUT2D eigenvalue weighted by molar-refractivity contribution is -0.130.